The van der Waals surface area contributed by atoms with Crippen LogP contribution in [0.1, 0.15) is 18.2 Å². The number of benzene rings is 1. The van der Waals surface area contributed by atoms with Gasteiger partial charge in [0.15, 0.2) is 0 Å². The van der Waals surface area contributed by atoms with Gasteiger partial charge in [-0.2, -0.15) is 0 Å². The number of hydrogen-bond donors (Lipinski definition) is 0. The van der Waals surface area contributed by atoms with Crippen LogP contribution >= 0.6 is 24.0 Å². The average Bonchev–Trinajstić information content (AvgIpc) is 3.12. The number of nitrogens with zero attached hydrogens (tertiary/aromatic N) is 2. The van der Waals surface area contributed by atoms with E-state index in [0.29, 0.717) is 32.9 Å². The Kier molecular flexibility index (Phi) is 4.73. The van der Waals surface area contributed by atoms with E-state index in [9.17, 15) is 14.9 Å². The van der Waals surface area contributed by atoms with Crippen molar-refractivity contribution in [3.05, 3.63) is 56.7 Å². The van der Waals surface area contributed by atoms with Gasteiger partial charge in [0.2, 0.25) is 0 Å². The van der Waals surface area contributed by atoms with Gasteiger partial charge < -0.3 is 4.42 Å². The molecule has 0 spiro atoms. The number of hydrogen-bond acceptors (Lipinski definition) is 6. The number of carbonyl (C=O) groups is 1. The number of rotatable bonds is 4. The van der Waals surface area contributed by atoms with Crippen LogP contribution in [0.15, 0.2) is 39.7 Å². The zero-order chi connectivity index (χ0) is 18.1. The zero-order valence-corrected chi connectivity index (χ0v) is 15.1. The van der Waals surface area contributed by atoms with Crippen molar-refractivity contribution in [2.45, 2.75) is 13.8 Å². The third-order valence-electron chi connectivity index (χ3n) is 3.71. The van der Waals surface area contributed by atoms with Crippen LogP contribution < -0.4 is 0 Å². The maximum Gasteiger partial charge on any atom is 0.280 e. The van der Waals surface area contributed by atoms with Crippen molar-refractivity contribution in [3.8, 4) is 11.3 Å². The summed E-state index contributed by atoms with van der Waals surface area (Å²) in [5, 5.41) is 11.3. The molecule has 0 atom stereocenters. The van der Waals surface area contributed by atoms with E-state index in [4.69, 9.17) is 16.6 Å². The normalized spacial score (nSPS) is 16.1. The molecule has 0 unspecified atom stereocenters. The Bertz CT molecular complexity index is 917. The van der Waals surface area contributed by atoms with Crippen LogP contribution in [0.3, 0.4) is 0 Å². The van der Waals surface area contributed by atoms with Gasteiger partial charge in [0, 0.05) is 18.7 Å². The molecule has 1 aliphatic heterocycles. The lowest BCUT2D eigenvalue weighted by Gasteiger charge is -2.09. The van der Waals surface area contributed by atoms with E-state index < -0.39 is 4.92 Å². The summed E-state index contributed by atoms with van der Waals surface area (Å²) in [4.78, 5) is 25.1. The fourth-order valence-corrected chi connectivity index (χ4v) is 3.84. The van der Waals surface area contributed by atoms with Crippen molar-refractivity contribution in [3.63, 3.8) is 0 Å². The highest BCUT2D eigenvalue weighted by Crippen LogP contribution is 2.35. The van der Waals surface area contributed by atoms with Crippen LogP contribution in [0.2, 0.25) is 0 Å². The summed E-state index contributed by atoms with van der Waals surface area (Å²) in [5.41, 5.74) is 1.18. The van der Waals surface area contributed by atoms with Crippen LogP contribution in [0.25, 0.3) is 17.4 Å². The van der Waals surface area contributed by atoms with Crippen LogP contribution in [-0.4, -0.2) is 26.6 Å². The van der Waals surface area contributed by atoms with Crippen molar-refractivity contribution >= 4 is 46.0 Å². The van der Waals surface area contributed by atoms with Gasteiger partial charge in [-0.05, 0) is 37.6 Å². The van der Waals surface area contributed by atoms with Crippen molar-refractivity contribution in [2.24, 2.45) is 0 Å². The lowest BCUT2D eigenvalue weighted by molar-refractivity contribution is -0.384. The quantitative estimate of drug-likeness (QED) is 0.342. The summed E-state index contributed by atoms with van der Waals surface area (Å²) in [6.45, 7) is 4.16. The molecule has 1 aliphatic rings. The molecule has 2 heterocycles. The van der Waals surface area contributed by atoms with Crippen molar-refractivity contribution < 1.29 is 14.1 Å². The van der Waals surface area contributed by atoms with Gasteiger partial charge in [0.1, 0.15) is 15.8 Å². The molecular weight excluding hydrogens is 360 g/mol. The fraction of sp³-hybridized carbons (Fsp3) is 0.176. The van der Waals surface area contributed by atoms with Gasteiger partial charge in [-0.3, -0.25) is 19.8 Å². The van der Waals surface area contributed by atoms with E-state index in [1.807, 2.05) is 6.92 Å². The second kappa shape index (κ2) is 6.81. The Hall–Kier alpha value is -2.45. The number of nitro benzene ring substituents is 1. The Balaban J connectivity index is 1.95. The third-order valence-corrected chi connectivity index (χ3v) is 5.08. The molecule has 0 saturated carbocycles. The standard InChI is InChI=1S/C17H14N2O4S2/c1-3-18-16(20)15(25-17(18)24)9-11-5-7-14(23-11)12-6-4-10(2)8-13(12)19(21)22/h4-9H,3H2,1-2H3. The molecule has 2 aromatic rings. The van der Waals surface area contributed by atoms with Crippen LogP contribution in [0.4, 0.5) is 5.69 Å². The molecule has 3 rings (SSSR count). The SMILES string of the molecule is CCN1C(=O)C(=Cc2ccc(-c3ccc(C)cc3[N+](=O)[O-])o2)SC1=S. The Morgan fingerprint density at radius 2 is 2.12 bits per heavy atom. The predicted molar refractivity (Wildman–Crippen MR) is 101 cm³/mol. The highest BCUT2D eigenvalue weighted by molar-refractivity contribution is 8.26. The first-order chi connectivity index (χ1) is 11.9. The summed E-state index contributed by atoms with van der Waals surface area (Å²) in [6, 6.07) is 8.29. The number of carbonyl (C=O) groups excluding carboxylic acids is 1. The van der Waals surface area contributed by atoms with Crippen molar-refractivity contribution in [1.82, 2.24) is 4.90 Å². The molecule has 0 radical (unpaired) electrons. The van der Waals surface area contributed by atoms with E-state index >= 15 is 0 Å². The monoisotopic (exact) mass is 374 g/mol. The van der Waals surface area contributed by atoms with Crippen LogP contribution in [-0.2, 0) is 4.79 Å². The highest BCUT2D eigenvalue weighted by Gasteiger charge is 2.31. The predicted octanol–water partition coefficient (Wildman–Crippen LogP) is 4.38. The summed E-state index contributed by atoms with van der Waals surface area (Å²) >= 11 is 6.39. The number of nitro groups is 1. The molecule has 1 aromatic heterocycles. The molecular formula is C17H14N2O4S2. The van der Waals surface area contributed by atoms with Gasteiger partial charge in [-0.25, -0.2) is 0 Å². The molecule has 25 heavy (non-hydrogen) atoms. The van der Waals surface area contributed by atoms with E-state index in [1.54, 1.807) is 37.3 Å². The molecule has 6 nitrogen and oxygen atoms in total. The topological polar surface area (TPSA) is 76.6 Å². The van der Waals surface area contributed by atoms with Crippen LogP contribution in [0.5, 0.6) is 0 Å². The molecule has 1 amide bonds. The van der Waals surface area contributed by atoms with Gasteiger partial charge in [0.25, 0.3) is 11.6 Å². The van der Waals surface area contributed by atoms with Crippen molar-refractivity contribution in [2.75, 3.05) is 6.54 Å². The van der Waals surface area contributed by atoms with Gasteiger partial charge >= 0.3 is 0 Å². The van der Waals surface area contributed by atoms with Crippen molar-refractivity contribution in [1.29, 1.82) is 0 Å². The Labute approximate surface area is 153 Å². The first-order valence-corrected chi connectivity index (χ1v) is 8.73. The minimum absolute atomic E-state index is 0.0155. The molecule has 0 aliphatic carbocycles. The lowest BCUT2D eigenvalue weighted by Crippen LogP contribution is -2.27. The lowest BCUT2D eigenvalue weighted by atomic mass is 10.1. The summed E-state index contributed by atoms with van der Waals surface area (Å²) < 4.78 is 6.22. The smallest absolute Gasteiger partial charge is 0.280 e. The highest BCUT2D eigenvalue weighted by atomic mass is 32.2. The van der Waals surface area contributed by atoms with Gasteiger partial charge in [-0.15, -0.1) is 0 Å². The molecule has 1 aromatic carbocycles. The van der Waals surface area contributed by atoms with E-state index in [-0.39, 0.29) is 11.6 Å². The van der Waals surface area contributed by atoms with Gasteiger partial charge in [-0.1, -0.05) is 30.0 Å². The Morgan fingerprint density at radius 1 is 1.36 bits per heavy atom. The maximum absolute atomic E-state index is 12.2. The molecule has 0 N–H and O–H groups in total. The van der Waals surface area contributed by atoms with E-state index in [2.05, 4.69) is 0 Å². The number of thioether (sulfide) groups is 1. The zero-order valence-electron chi connectivity index (χ0n) is 13.5. The fourth-order valence-electron chi connectivity index (χ4n) is 2.48. The maximum atomic E-state index is 12.2. The second-order valence-corrected chi connectivity index (χ2v) is 7.08. The van der Waals surface area contributed by atoms with Crippen LogP contribution in [0, 0.1) is 17.0 Å². The van der Waals surface area contributed by atoms with Gasteiger partial charge in [0.05, 0.1) is 15.4 Å². The number of aryl methyl sites for hydroxylation is 1. The summed E-state index contributed by atoms with van der Waals surface area (Å²) in [5.74, 6) is 0.669. The largest absolute Gasteiger partial charge is 0.456 e. The second-order valence-electron chi connectivity index (χ2n) is 5.41. The van der Waals surface area contributed by atoms with E-state index in [0.717, 1.165) is 5.56 Å². The number of likely N-dealkylation sites (N-methyl/N-ethyl adjacent to an activating group) is 1. The number of amides is 1. The molecule has 8 heteroatoms. The number of furan rings is 1. The molecule has 1 fully saturated rings. The summed E-state index contributed by atoms with van der Waals surface area (Å²) in [7, 11) is 0. The average molecular weight is 374 g/mol. The molecule has 0 bridgehead atoms. The molecule has 128 valence electrons. The minimum Gasteiger partial charge on any atom is -0.456 e. The first kappa shape index (κ1) is 17.4. The Morgan fingerprint density at radius 3 is 2.76 bits per heavy atom. The number of thiocarbonyl (C=S) groups is 1. The molecule has 1 saturated heterocycles. The first-order valence-electron chi connectivity index (χ1n) is 7.51. The third kappa shape index (κ3) is 3.35. The summed E-state index contributed by atoms with van der Waals surface area (Å²) in [6.07, 6.45) is 1.61. The minimum atomic E-state index is -0.434. The van der Waals surface area contributed by atoms with E-state index in [1.165, 1.54) is 22.7 Å².